The zero-order valence-electron chi connectivity index (χ0n) is 11.7. The summed E-state index contributed by atoms with van der Waals surface area (Å²) in [4.78, 5) is 22.0. The monoisotopic (exact) mass is 299 g/mol. The van der Waals surface area contributed by atoms with Crippen molar-refractivity contribution in [2.75, 3.05) is 13.4 Å². The van der Waals surface area contributed by atoms with Crippen LogP contribution in [0.4, 0.5) is 0 Å². The lowest BCUT2D eigenvalue weighted by atomic mass is 10.1. The molecule has 0 unspecified atom stereocenters. The maximum absolute atomic E-state index is 12.5. The maximum atomic E-state index is 12.5. The third-order valence-electron chi connectivity index (χ3n) is 2.96. The van der Waals surface area contributed by atoms with Crippen molar-refractivity contribution >= 4 is 33.4 Å². The standard InChI is InChI=1S/C12H17N3O2S2/c1-7-13-9-8(14-11(18-5)19-9)10(16)15(7)6-12(2,3)17-4/h6H2,1-5H3. The first-order chi connectivity index (χ1) is 8.88. The molecule has 104 valence electrons. The molecule has 0 atom stereocenters. The number of hydrogen-bond acceptors (Lipinski definition) is 6. The van der Waals surface area contributed by atoms with E-state index in [1.165, 1.54) is 23.1 Å². The van der Waals surface area contributed by atoms with E-state index < -0.39 is 5.60 Å². The van der Waals surface area contributed by atoms with E-state index in [-0.39, 0.29) is 5.56 Å². The molecule has 0 aliphatic heterocycles. The third-order valence-corrected chi connectivity index (χ3v) is 4.89. The molecule has 0 saturated carbocycles. The van der Waals surface area contributed by atoms with E-state index >= 15 is 0 Å². The number of ether oxygens (including phenoxy) is 1. The molecule has 5 nitrogen and oxygen atoms in total. The molecule has 0 bridgehead atoms. The molecule has 0 radical (unpaired) electrons. The van der Waals surface area contributed by atoms with Crippen LogP contribution in [0.25, 0.3) is 10.3 Å². The van der Waals surface area contributed by atoms with Crippen LogP contribution in [-0.2, 0) is 11.3 Å². The van der Waals surface area contributed by atoms with Crippen molar-refractivity contribution in [3.63, 3.8) is 0 Å². The van der Waals surface area contributed by atoms with Crippen molar-refractivity contribution in [1.82, 2.24) is 14.5 Å². The van der Waals surface area contributed by atoms with Crippen LogP contribution in [0.3, 0.4) is 0 Å². The van der Waals surface area contributed by atoms with Crippen LogP contribution in [0.5, 0.6) is 0 Å². The van der Waals surface area contributed by atoms with Gasteiger partial charge in [0.25, 0.3) is 5.56 Å². The summed E-state index contributed by atoms with van der Waals surface area (Å²) in [5, 5.41) is 0. The molecule has 0 saturated heterocycles. The van der Waals surface area contributed by atoms with E-state index in [0.29, 0.717) is 22.7 Å². The quantitative estimate of drug-likeness (QED) is 0.811. The van der Waals surface area contributed by atoms with Crippen molar-refractivity contribution < 1.29 is 4.74 Å². The van der Waals surface area contributed by atoms with Gasteiger partial charge in [0.15, 0.2) is 14.7 Å². The van der Waals surface area contributed by atoms with E-state index in [1.54, 1.807) is 11.7 Å². The second-order valence-corrected chi connectivity index (χ2v) is 6.88. The molecule has 2 heterocycles. The summed E-state index contributed by atoms with van der Waals surface area (Å²) in [6, 6.07) is 0. The van der Waals surface area contributed by atoms with Gasteiger partial charge in [0.1, 0.15) is 5.82 Å². The van der Waals surface area contributed by atoms with Crippen LogP contribution in [0.2, 0.25) is 0 Å². The Balaban J connectivity index is 2.59. The highest BCUT2D eigenvalue weighted by atomic mass is 32.2. The van der Waals surface area contributed by atoms with Crippen molar-refractivity contribution in [2.45, 2.75) is 37.3 Å². The molecule has 0 fully saturated rings. The largest absolute Gasteiger partial charge is 0.377 e. The fourth-order valence-electron chi connectivity index (χ4n) is 1.71. The SMILES string of the molecule is COC(C)(C)Cn1c(C)nc2sc(SC)nc2c1=O. The van der Waals surface area contributed by atoms with Crippen LogP contribution < -0.4 is 5.56 Å². The normalized spacial score (nSPS) is 12.3. The van der Waals surface area contributed by atoms with Crippen molar-refractivity contribution in [2.24, 2.45) is 0 Å². The van der Waals surface area contributed by atoms with Crippen LogP contribution in [0, 0.1) is 6.92 Å². The zero-order chi connectivity index (χ0) is 14.2. The Hall–Kier alpha value is -0.920. The fourth-order valence-corrected chi connectivity index (χ4v) is 3.17. The predicted molar refractivity (Wildman–Crippen MR) is 79.3 cm³/mol. The number of aryl methyl sites for hydroxylation is 1. The van der Waals surface area contributed by atoms with Gasteiger partial charge in [-0.15, -0.1) is 0 Å². The van der Waals surface area contributed by atoms with Gasteiger partial charge in [-0.05, 0) is 27.0 Å². The predicted octanol–water partition coefficient (Wildman–Crippen LogP) is 2.31. The van der Waals surface area contributed by atoms with E-state index in [2.05, 4.69) is 9.97 Å². The van der Waals surface area contributed by atoms with Crippen molar-refractivity contribution in [1.29, 1.82) is 0 Å². The smallest absolute Gasteiger partial charge is 0.281 e. The molecule has 0 aliphatic rings. The third kappa shape index (κ3) is 2.82. The topological polar surface area (TPSA) is 57.0 Å². The number of fused-ring (bicyclic) bond motifs is 1. The van der Waals surface area contributed by atoms with Crippen LogP contribution in [0.1, 0.15) is 19.7 Å². The molecular formula is C12H17N3O2S2. The molecule has 0 spiro atoms. The molecular weight excluding hydrogens is 282 g/mol. The highest BCUT2D eigenvalue weighted by molar-refractivity contribution is 8.00. The fraction of sp³-hybridized carbons (Fsp3) is 0.583. The van der Waals surface area contributed by atoms with Gasteiger partial charge in [-0.3, -0.25) is 9.36 Å². The van der Waals surface area contributed by atoms with E-state index in [9.17, 15) is 4.79 Å². The maximum Gasteiger partial charge on any atom is 0.281 e. The molecule has 0 aromatic carbocycles. The number of aromatic nitrogens is 3. The number of thioether (sulfide) groups is 1. The lowest BCUT2D eigenvalue weighted by Crippen LogP contribution is -2.36. The molecule has 0 N–H and O–H groups in total. The van der Waals surface area contributed by atoms with Crippen molar-refractivity contribution in [3.8, 4) is 0 Å². The van der Waals surface area contributed by atoms with Crippen LogP contribution >= 0.6 is 23.1 Å². The van der Waals surface area contributed by atoms with Gasteiger partial charge >= 0.3 is 0 Å². The Kier molecular flexibility index (Phi) is 3.98. The van der Waals surface area contributed by atoms with Gasteiger partial charge in [0.2, 0.25) is 0 Å². The first-order valence-electron chi connectivity index (χ1n) is 5.85. The average molecular weight is 299 g/mol. The Bertz CT molecular complexity index is 661. The first-order valence-corrected chi connectivity index (χ1v) is 7.89. The second kappa shape index (κ2) is 5.22. The minimum absolute atomic E-state index is 0.0934. The summed E-state index contributed by atoms with van der Waals surface area (Å²) < 4.78 is 7.88. The van der Waals surface area contributed by atoms with Crippen molar-refractivity contribution in [3.05, 3.63) is 16.2 Å². The Morgan fingerprint density at radius 1 is 1.42 bits per heavy atom. The molecule has 2 aromatic heterocycles. The Labute approximate surface area is 120 Å². The number of rotatable bonds is 4. The summed E-state index contributed by atoms with van der Waals surface area (Å²) in [5.74, 6) is 0.693. The summed E-state index contributed by atoms with van der Waals surface area (Å²) in [7, 11) is 1.64. The zero-order valence-corrected chi connectivity index (χ0v) is 13.3. The summed E-state index contributed by atoms with van der Waals surface area (Å²) in [6.45, 7) is 6.18. The summed E-state index contributed by atoms with van der Waals surface area (Å²) in [5.41, 5.74) is -0.0570. The molecule has 2 aromatic rings. The summed E-state index contributed by atoms with van der Waals surface area (Å²) in [6.07, 6.45) is 1.94. The average Bonchev–Trinajstić information content (AvgIpc) is 2.77. The first kappa shape index (κ1) is 14.5. The van der Waals surface area contributed by atoms with Crippen LogP contribution in [-0.4, -0.2) is 33.5 Å². The van der Waals surface area contributed by atoms with Gasteiger partial charge in [-0.25, -0.2) is 9.97 Å². The van der Waals surface area contributed by atoms with Crippen LogP contribution in [0.15, 0.2) is 9.13 Å². The van der Waals surface area contributed by atoms with E-state index in [1.807, 2.05) is 27.0 Å². The van der Waals surface area contributed by atoms with Gasteiger partial charge in [-0.2, -0.15) is 0 Å². The molecule has 7 heteroatoms. The molecule has 0 aliphatic carbocycles. The lowest BCUT2D eigenvalue weighted by molar-refractivity contribution is 0.00678. The van der Waals surface area contributed by atoms with Gasteiger partial charge in [0, 0.05) is 7.11 Å². The van der Waals surface area contributed by atoms with E-state index in [0.717, 1.165) is 4.34 Å². The number of hydrogen-bond donors (Lipinski definition) is 0. The Morgan fingerprint density at radius 2 is 2.11 bits per heavy atom. The Morgan fingerprint density at radius 3 is 2.68 bits per heavy atom. The van der Waals surface area contributed by atoms with Gasteiger partial charge in [-0.1, -0.05) is 23.1 Å². The second-order valence-electron chi connectivity index (χ2n) is 4.85. The van der Waals surface area contributed by atoms with E-state index in [4.69, 9.17) is 4.74 Å². The lowest BCUT2D eigenvalue weighted by Gasteiger charge is -2.24. The molecule has 19 heavy (non-hydrogen) atoms. The van der Waals surface area contributed by atoms with Gasteiger partial charge < -0.3 is 4.74 Å². The highest BCUT2D eigenvalue weighted by Crippen LogP contribution is 2.25. The summed E-state index contributed by atoms with van der Waals surface area (Å²) >= 11 is 2.98. The highest BCUT2D eigenvalue weighted by Gasteiger charge is 2.21. The number of methoxy groups -OCH3 is 1. The number of nitrogens with zero attached hydrogens (tertiary/aromatic N) is 3. The molecule has 0 amide bonds. The van der Waals surface area contributed by atoms with Gasteiger partial charge in [0.05, 0.1) is 12.1 Å². The molecule has 2 rings (SSSR count). The number of thiazole rings is 1. The minimum atomic E-state index is -0.414. The minimum Gasteiger partial charge on any atom is -0.377 e.